The minimum Gasteiger partial charge on any atom is -0.489 e. The summed E-state index contributed by atoms with van der Waals surface area (Å²) < 4.78 is 40.4. The molecule has 1 fully saturated rings. The highest BCUT2D eigenvalue weighted by Crippen LogP contribution is 2.35. The van der Waals surface area contributed by atoms with Crippen molar-refractivity contribution in [2.24, 2.45) is 0 Å². The summed E-state index contributed by atoms with van der Waals surface area (Å²) in [5.74, 6) is 1.73. The van der Waals surface area contributed by atoms with Gasteiger partial charge in [-0.1, -0.05) is 18.2 Å². The van der Waals surface area contributed by atoms with E-state index in [1.54, 1.807) is 62.8 Å². The van der Waals surface area contributed by atoms with Crippen LogP contribution in [0.1, 0.15) is 40.4 Å². The van der Waals surface area contributed by atoms with Crippen molar-refractivity contribution in [3.8, 4) is 23.0 Å². The molecule has 1 heterocycles. The van der Waals surface area contributed by atoms with Crippen molar-refractivity contribution >= 4 is 18.6 Å². The van der Waals surface area contributed by atoms with Crippen molar-refractivity contribution in [3.63, 3.8) is 0 Å². The van der Waals surface area contributed by atoms with Crippen LogP contribution in [-0.4, -0.2) is 55.3 Å². The molecule has 1 unspecified atom stereocenters. The Balaban J connectivity index is 1.34. The number of hydrogen-bond donors (Lipinski definition) is 2. The zero-order valence-electron chi connectivity index (χ0n) is 23.1. The van der Waals surface area contributed by atoms with Gasteiger partial charge >= 0.3 is 0 Å². The van der Waals surface area contributed by atoms with Gasteiger partial charge < -0.3 is 42.3 Å². The normalized spacial score (nSPS) is 20.3. The van der Waals surface area contributed by atoms with E-state index >= 15 is 0 Å². The first-order valence-corrected chi connectivity index (χ1v) is 13.7. The predicted octanol–water partition coefficient (Wildman–Crippen LogP) is 4.63. The van der Waals surface area contributed by atoms with Crippen LogP contribution in [0.2, 0.25) is 0 Å². The van der Waals surface area contributed by atoms with Crippen molar-refractivity contribution in [3.05, 3.63) is 82.9 Å². The second-order valence-corrected chi connectivity index (χ2v) is 9.83. The number of aliphatic hydroxyl groups excluding tert-OH is 2. The summed E-state index contributed by atoms with van der Waals surface area (Å²) in [6.45, 7) is 1.89. The van der Waals surface area contributed by atoms with E-state index in [0.717, 1.165) is 17.9 Å². The molecule has 0 bridgehead atoms. The molecular weight excluding hydrogens is 552 g/mol. The van der Waals surface area contributed by atoms with E-state index in [9.17, 15) is 15.0 Å². The van der Waals surface area contributed by atoms with Gasteiger partial charge in [-0.05, 0) is 60.5 Å². The summed E-state index contributed by atoms with van der Waals surface area (Å²) in [5.41, 5.74) is 2.61. The maximum absolute atomic E-state index is 11.4. The molecule has 3 aromatic rings. The molecule has 2 N–H and O–H groups in total. The van der Waals surface area contributed by atoms with Gasteiger partial charge in [0.15, 0.2) is 11.5 Å². The molecule has 41 heavy (non-hydrogen) atoms. The molecule has 4 rings (SSSR count). The van der Waals surface area contributed by atoms with Gasteiger partial charge in [0, 0.05) is 31.8 Å². The Bertz CT molecular complexity index is 1270. The molecule has 11 heteroatoms. The van der Waals surface area contributed by atoms with E-state index in [-0.39, 0.29) is 43.9 Å². The largest absolute Gasteiger partial charge is 0.489 e. The number of benzene rings is 3. The van der Waals surface area contributed by atoms with E-state index in [1.807, 2.05) is 19.1 Å². The Labute approximate surface area is 243 Å². The number of hydrogen-bond acceptors (Lipinski definition) is 11. The van der Waals surface area contributed by atoms with Crippen LogP contribution in [0.5, 0.6) is 23.0 Å². The standard InChI is InChI=1S/C30H34O10S/c1-19-27(34-2)14-29(35-3)30(37-19)38-26-11-7-22(16-32)13-28(26)40-41-39-24-8-4-20(5-9-24)18-36-25-10-6-21(15-31)12-23(25)17-33/h4-13,16,19,27,29-31,33H,14-15,17-18H2,1-3H3/t19-,27-,29?,30+/m0/s1. The Morgan fingerprint density at radius 2 is 1.61 bits per heavy atom. The highest BCUT2D eigenvalue weighted by molar-refractivity contribution is 7.90. The van der Waals surface area contributed by atoms with Gasteiger partial charge in [0.1, 0.15) is 30.5 Å². The molecule has 0 aliphatic carbocycles. The summed E-state index contributed by atoms with van der Waals surface area (Å²) in [4.78, 5) is 11.4. The van der Waals surface area contributed by atoms with Gasteiger partial charge in [-0.15, -0.1) is 0 Å². The number of aldehydes is 1. The van der Waals surface area contributed by atoms with Crippen molar-refractivity contribution < 1.29 is 47.1 Å². The van der Waals surface area contributed by atoms with Gasteiger partial charge in [0.05, 0.1) is 25.4 Å². The summed E-state index contributed by atoms with van der Waals surface area (Å²) in [5, 5.41) is 18.9. The first-order valence-electron chi connectivity index (χ1n) is 13.0. The van der Waals surface area contributed by atoms with Crippen LogP contribution < -0.4 is 17.8 Å². The quantitative estimate of drug-likeness (QED) is 0.203. The third-order valence-electron chi connectivity index (χ3n) is 6.64. The van der Waals surface area contributed by atoms with Crippen LogP contribution in [0.3, 0.4) is 0 Å². The minimum atomic E-state index is -0.701. The van der Waals surface area contributed by atoms with Crippen molar-refractivity contribution in [1.29, 1.82) is 0 Å². The Hall–Kier alpha value is -3.32. The van der Waals surface area contributed by atoms with Crippen molar-refractivity contribution in [2.45, 2.75) is 57.8 Å². The smallest absolute Gasteiger partial charge is 0.293 e. The summed E-state index contributed by atoms with van der Waals surface area (Å²) in [6, 6.07) is 17.2. The maximum Gasteiger partial charge on any atom is 0.293 e. The van der Waals surface area contributed by atoms with Crippen molar-refractivity contribution in [2.75, 3.05) is 14.2 Å². The van der Waals surface area contributed by atoms with E-state index < -0.39 is 6.29 Å². The summed E-state index contributed by atoms with van der Waals surface area (Å²) in [6.07, 6.45) is -0.0769. The van der Waals surface area contributed by atoms with Gasteiger partial charge in [0.25, 0.3) is 12.3 Å². The Morgan fingerprint density at radius 3 is 2.29 bits per heavy atom. The monoisotopic (exact) mass is 586 g/mol. The average molecular weight is 587 g/mol. The molecule has 3 aromatic carbocycles. The predicted molar refractivity (Wildman–Crippen MR) is 151 cm³/mol. The second-order valence-electron chi connectivity index (χ2n) is 9.36. The van der Waals surface area contributed by atoms with Crippen LogP contribution in [-0.2, 0) is 34.0 Å². The molecule has 0 radical (unpaired) electrons. The second kappa shape index (κ2) is 15.1. The van der Waals surface area contributed by atoms with Crippen LogP contribution in [0.15, 0.2) is 60.7 Å². The Morgan fingerprint density at radius 1 is 0.878 bits per heavy atom. The summed E-state index contributed by atoms with van der Waals surface area (Å²) >= 11 is 0.723. The molecule has 0 amide bonds. The molecule has 0 saturated carbocycles. The SMILES string of the molecule is COC1C[C@H](OC)[C@H](C)O[C@@H]1Oc1ccc(C=O)cc1OSOc1ccc(COc2ccc(CO)cc2CO)cc1. The number of aliphatic hydroxyl groups is 2. The van der Waals surface area contributed by atoms with Crippen molar-refractivity contribution in [1.82, 2.24) is 0 Å². The van der Waals surface area contributed by atoms with Crippen LogP contribution in [0.4, 0.5) is 0 Å². The topological polar surface area (TPSA) is 122 Å². The first kappa shape index (κ1) is 30.6. The van der Waals surface area contributed by atoms with E-state index in [0.29, 0.717) is 46.6 Å². The third kappa shape index (κ3) is 8.13. The van der Waals surface area contributed by atoms with Crippen LogP contribution >= 0.6 is 12.3 Å². The lowest BCUT2D eigenvalue weighted by molar-refractivity contribution is -0.239. The number of ether oxygens (including phenoxy) is 5. The number of methoxy groups -OCH3 is 2. The van der Waals surface area contributed by atoms with Gasteiger partial charge in [-0.25, -0.2) is 0 Å². The highest BCUT2D eigenvalue weighted by Gasteiger charge is 2.38. The lowest BCUT2D eigenvalue weighted by Crippen LogP contribution is -2.50. The molecule has 1 aliphatic heterocycles. The Kier molecular flexibility index (Phi) is 11.3. The number of rotatable bonds is 14. The molecule has 10 nitrogen and oxygen atoms in total. The summed E-state index contributed by atoms with van der Waals surface area (Å²) in [7, 11) is 3.22. The third-order valence-corrected chi connectivity index (χ3v) is 7.15. The fourth-order valence-corrected chi connectivity index (χ4v) is 4.72. The van der Waals surface area contributed by atoms with E-state index in [2.05, 4.69) is 0 Å². The fraction of sp³-hybridized carbons (Fsp3) is 0.367. The highest BCUT2D eigenvalue weighted by atomic mass is 32.2. The molecule has 1 saturated heterocycles. The molecule has 1 aliphatic rings. The van der Waals surface area contributed by atoms with Crippen LogP contribution in [0.25, 0.3) is 0 Å². The first-order chi connectivity index (χ1) is 20.0. The lowest BCUT2D eigenvalue weighted by Gasteiger charge is -2.38. The number of carbonyl (C=O) groups is 1. The van der Waals surface area contributed by atoms with Gasteiger partial charge in [-0.3, -0.25) is 4.79 Å². The fourth-order valence-electron chi connectivity index (χ4n) is 4.29. The minimum absolute atomic E-state index is 0.106. The lowest BCUT2D eigenvalue weighted by atomic mass is 10.0. The zero-order valence-corrected chi connectivity index (χ0v) is 23.9. The van der Waals surface area contributed by atoms with Gasteiger partial charge in [-0.2, -0.15) is 0 Å². The maximum atomic E-state index is 11.4. The van der Waals surface area contributed by atoms with Gasteiger partial charge in [0.2, 0.25) is 6.29 Å². The molecule has 0 aromatic heterocycles. The molecule has 220 valence electrons. The number of carbonyl (C=O) groups excluding carboxylic acids is 1. The molecular formula is C30H34O10S. The molecule has 4 atom stereocenters. The van der Waals surface area contributed by atoms with Crippen LogP contribution in [0, 0.1) is 0 Å². The average Bonchev–Trinajstić information content (AvgIpc) is 3.01. The zero-order chi connectivity index (χ0) is 29.2. The van der Waals surface area contributed by atoms with E-state index in [1.165, 1.54) is 0 Å². The van der Waals surface area contributed by atoms with E-state index in [4.69, 9.17) is 32.1 Å². The molecule has 0 spiro atoms.